The van der Waals surface area contributed by atoms with Crippen molar-refractivity contribution >= 4 is 12.0 Å². The molecule has 1 atom stereocenters. The molecule has 0 saturated carbocycles. The quantitative estimate of drug-likeness (QED) is 0.622. The second-order valence-electron chi connectivity index (χ2n) is 5.68. The Morgan fingerprint density at radius 3 is 2.37 bits per heavy atom. The molecule has 0 aromatic carbocycles. The van der Waals surface area contributed by atoms with Crippen LogP contribution in [0.5, 0.6) is 0 Å². The summed E-state index contributed by atoms with van der Waals surface area (Å²) in [7, 11) is 1.63. The van der Waals surface area contributed by atoms with Gasteiger partial charge in [0.25, 0.3) is 0 Å². The third-order valence-electron chi connectivity index (χ3n) is 3.34. The van der Waals surface area contributed by atoms with Crippen LogP contribution in [0.3, 0.4) is 0 Å². The average molecular weight is 274 g/mol. The van der Waals surface area contributed by atoms with Gasteiger partial charge in [-0.25, -0.2) is 4.79 Å². The van der Waals surface area contributed by atoms with Crippen LogP contribution in [0, 0.1) is 5.41 Å². The van der Waals surface area contributed by atoms with Crippen molar-refractivity contribution in [2.24, 2.45) is 5.41 Å². The van der Waals surface area contributed by atoms with Gasteiger partial charge >= 0.3 is 12.0 Å². The summed E-state index contributed by atoms with van der Waals surface area (Å²) < 4.78 is 0. The van der Waals surface area contributed by atoms with E-state index < -0.39 is 5.97 Å². The van der Waals surface area contributed by atoms with Crippen molar-refractivity contribution in [3.8, 4) is 0 Å². The van der Waals surface area contributed by atoms with Crippen LogP contribution < -0.4 is 5.32 Å². The zero-order chi connectivity index (χ0) is 15.1. The molecule has 19 heavy (non-hydrogen) atoms. The van der Waals surface area contributed by atoms with Crippen molar-refractivity contribution in [3.05, 3.63) is 0 Å². The lowest BCUT2D eigenvalue weighted by Crippen LogP contribution is -2.44. The molecule has 6 heteroatoms. The van der Waals surface area contributed by atoms with Crippen LogP contribution in [0.15, 0.2) is 0 Å². The molecule has 0 spiro atoms. The smallest absolute Gasteiger partial charge is 0.317 e. The highest BCUT2D eigenvalue weighted by Crippen LogP contribution is 2.25. The number of aliphatic carboxylic acids is 1. The van der Waals surface area contributed by atoms with Gasteiger partial charge in [0.05, 0.1) is 12.6 Å². The molecular weight excluding hydrogens is 248 g/mol. The lowest BCUT2D eigenvalue weighted by molar-refractivity contribution is -0.137. The van der Waals surface area contributed by atoms with Crippen LogP contribution in [0.1, 0.15) is 40.0 Å². The molecule has 2 amide bonds. The van der Waals surface area contributed by atoms with Gasteiger partial charge in [0.2, 0.25) is 0 Å². The second-order valence-corrected chi connectivity index (χ2v) is 5.68. The van der Waals surface area contributed by atoms with E-state index in [1.54, 1.807) is 14.0 Å². The SMILES string of the molecule is CC(CO)N(C)C(=O)NCCC(C)(C)CCC(=O)O. The predicted octanol–water partition coefficient (Wildman–Crippen LogP) is 1.29. The molecule has 112 valence electrons. The van der Waals surface area contributed by atoms with E-state index in [9.17, 15) is 9.59 Å². The zero-order valence-corrected chi connectivity index (χ0v) is 12.3. The minimum Gasteiger partial charge on any atom is -0.481 e. The van der Waals surface area contributed by atoms with E-state index in [0.717, 1.165) is 0 Å². The molecule has 0 aromatic heterocycles. The van der Waals surface area contributed by atoms with Crippen LogP contribution in [0.2, 0.25) is 0 Å². The summed E-state index contributed by atoms with van der Waals surface area (Å²) in [5.74, 6) is -0.798. The molecule has 0 aliphatic rings. The Labute approximate surface area is 114 Å². The van der Waals surface area contributed by atoms with Crippen molar-refractivity contribution in [1.29, 1.82) is 0 Å². The summed E-state index contributed by atoms with van der Waals surface area (Å²) in [6, 6.07) is -0.449. The summed E-state index contributed by atoms with van der Waals surface area (Å²) in [6.45, 7) is 6.16. The molecule has 0 fully saturated rings. The van der Waals surface area contributed by atoms with Gasteiger partial charge in [-0.3, -0.25) is 4.79 Å². The fourth-order valence-electron chi connectivity index (χ4n) is 1.53. The summed E-state index contributed by atoms with van der Waals surface area (Å²) in [4.78, 5) is 23.7. The highest BCUT2D eigenvalue weighted by Gasteiger charge is 2.20. The number of likely N-dealkylation sites (N-methyl/N-ethyl adjacent to an activating group) is 1. The van der Waals surface area contributed by atoms with Gasteiger partial charge in [-0.15, -0.1) is 0 Å². The number of hydrogen-bond donors (Lipinski definition) is 3. The molecular formula is C13H26N2O4. The van der Waals surface area contributed by atoms with Crippen LogP contribution in [0.4, 0.5) is 4.79 Å². The fraction of sp³-hybridized carbons (Fsp3) is 0.846. The van der Waals surface area contributed by atoms with E-state index in [4.69, 9.17) is 10.2 Å². The Morgan fingerprint density at radius 1 is 1.32 bits per heavy atom. The number of aliphatic hydroxyl groups excluding tert-OH is 1. The van der Waals surface area contributed by atoms with Gasteiger partial charge in [-0.1, -0.05) is 13.8 Å². The summed E-state index contributed by atoms with van der Waals surface area (Å²) >= 11 is 0. The van der Waals surface area contributed by atoms with Gasteiger partial charge in [0, 0.05) is 20.0 Å². The Bertz CT molecular complexity index is 305. The molecule has 6 nitrogen and oxygen atoms in total. The molecule has 3 N–H and O–H groups in total. The molecule has 0 heterocycles. The number of nitrogens with one attached hydrogen (secondary N) is 1. The highest BCUT2D eigenvalue weighted by molar-refractivity contribution is 5.74. The minimum absolute atomic E-state index is 0.0754. The topological polar surface area (TPSA) is 89.9 Å². The maximum atomic E-state index is 11.7. The first-order valence-corrected chi connectivity index (χ1v) is 6.53. The van der Waals surface area contributed by atoms with Gasteiger partial charge in [0.15, 0.2) is 0 Å². The zero-order valence-electron chi connectivity index (χ0n) is 12.3. The van der Waals surface area contributed by atoms with E-state index in [0.29, 0.717) is 19.4 Å². The maximum absolute atomic E-state index is 11.7. The van der Waals surface area contributed by atoms with Crippen molar-refractivity contribution in [2.75, 3.05) is 20.2 Å². The predicted molar refractivity (Wildman–Crippen MR) is 73.0 cm³/mol. The number of urea groups is 1. The van der Waals surface area contributed by atoms with Gasteiger partial charge in [-0.2, -0.15) is 0 Å². The first-order chi connectivity index (χ1) is 8.69. The third kappa shape index (κ3) is 7.66. The first-order valence-electron chi connectivity index (χ1n) is 6.53. The number of carboxylic acid groups (broad SMARTS) is 1. The Hall–Kier alpha value is -1.30. The molecule has 0 bridgehead atoms. The fourth-order valence-corrected chi connectivity index (χ4v) is 1.53. The number of hydrogen-bond acceptors (Lipinski definition) is 3. The van der Waals surface area contributed by atoms with Crippen LogP contribution in [-0.4, -0.2) is 53.4 Å². The molecule has 1 unspecified atom stereocenters. The number of carbonyl (C=O) groups is 2. The van der Waals surface area contributed by atoms with Crippen molar-refractivity contribution in [2.45, 2.75) is 46.1 Å². The number of rotatable bonds is 8. The van der Waals surface area contributed by atoms with Crippen LogP contribution in [-0.2, 0) is 4.79 Å². The molecule has 0 aliphatic heterocycles. The Balaban J connectivity index is 4.01. The summed E-state index contributed by atoms with van der Waals surface area (Å²) in [5.41, 5.74) is -0.118. The maximum Gasteiger partial charge on any atom is 0.317 e. The van der Waals surface area contributed by atoms with E-state index in [1.165, 1.54) is 4.90 Å². The number of nitrogens with zero attached hydrogens (tertiary/aromatic N) is 1. The molecule has 0 radical (unpaired) electrons. The van der Waals surface area contributed by atoms with E-state index in [-0.39, 0.29) is 30.5 Å². The minimum atomic E-state index is -0.798. The van der Waals surface area contributed by atoms with Crippen LogP contribution in [0.25, 0.3) is 0 Å². The largest absolute Gasteiger partial charge is 0.481 e. The number of aliphatic hydroxyl groups is 1. The van der Waals surface area contributed by atoms with Gasteiger partial charge in [-0.05, 0) is 25.2 Å². The molecule has 0 aliphatic carbocycles. The molecule has 0 saturated heterocycles. The van der Waals surface area contributed by atoms with E-state index >= 15 is 0 Å². The average Bonchev–Trinajstić information content (AvgIpc) is 2.34. The van der Waals surface area contributed by atoms with Crippen molar-refractivity contribution < 1.29 is 19.8 Å². The standard InChI is InChI=1S/C13H26N2O4/c1-10(9-16)15(4)12(19)14-8-7-13(2,3)6-5-11(17)18/h10,16H,5-9H2,1-4H3,(H,14,19)(H,17,18). The molecule has 0 aromatic rings. The summed E-state index contributed by atoms with van der Waals surface area (Å²) in [6.07, 6.45) is 1.44. The normalized spacial score (nSPS) is 12.9. The van der Waals surface area contributed by atoms with Crippen LogP contribution >= 0.6 is 0 Å². The number of amides is 2. The van der Waals surface area contributed by atoms with Crippen molar-refractivity contribution in [1.82, 2.24) is 10.2 Å². The third-order valence-corrected chi connectivity index (χ3v) is 3.34. The number of carbonyl (C=O) groups excluding carboxylic acids is 1. The van der Waals surface area contributed by atoms with Gasteiger partial charge < -0.3 is 20.4 Å². The van der Waals surface area contributed by atoms with Crippen molar-refractivity contribution in [3.63, 3.8) is 0 Å². The van der Waals surface area contributed by atoms with Gasteiger partial charge in [0.1, 0.15) is 0 Å². The Kier molecular flexibility index (Phi) is 7.44. The lowest BCUT2D eigenvalue weighted by atomic mass is 9.84. The summed E-state index contributed by atoms with van der Waals surface area (Å²) in [5, 5.41) is 20.4. The van der Waals surface area contributed by atoms with E-state index in [1.807, 2.05) is 13.8 Å². The lowest BCUT2D eigenvalue weighted by Gasteiger charge is -2.26. The Morgan fingerprint density at radius 2 is 1.89 bits per heavy atom. The van der Waals surface area contributed by atoms with E-state index in [2.05, 4.69) is 5.32 Å². The second kappa shape index (κ2) is 7.99. The molecule has 0 rings (SSSR count). The highest BCUT2D eigenvalue weighted by atomic mass is 16.4. The first kappa shape index (κ1) is 17.7. The monoisotopic (exact) mass is 274 g/mol. The number of carboxylic acids is 1.